The molecule has 0 saturated carbocycles. The molecule has 1 aliphatic heterocycles. The summed E-state index contributed by atoms with van der Waals surface area (Å²) in [4.78, 5) is 24.1. The van der Waals surface area contributed by atoms with Crippen molar-refractivity contribution in [2.75, 3.05) is 19.7 Å². The van der Waals surface area contributed by atoms with E-state index in [-0.39, 0.29) is 12.1 Å². The average molecular weight is 244 g/mol. The minimum atomic E-state index is -0.834. The number of primary amides is 1. The van der Waals surface area contributed by atoms with Crippen LogP contribution in [0.2, 0.25) is 0 Å². The number of hydrogen-bond acceptors (Lipinski definition) is 5. The molecule has 0 aromatic heterocycles. The number of imide groups is 1. The van der Waals surface area contributed by atoms with Crippen LogP contribution in [0.25, 0.3) is 0 Å². The summed E-state index contributed by atoms with van der Waals surface area (Å²) in [7, 11) is 0. The van der Waals surface area contributed by atoms with Crippen LogP contribution in [0.1, 0.15) is 13.8 Å². The van der Waals surface area contributed by atoms with E-state index >= 15 is 0 Å². The summed E-state index contributed by atoms with van der Waals surface area (Å²) in [5, 5.41) is 2.07. The summed E-state index contributed by atoms with van der Waals surface area (Å²) in [5.41, 5.74) is 10.7. The Balaban J connectivity index is 2.53. The first kappa shape index (κ1) is 13.9. The van der Waals surface area contributed by atoms with Gasteiger partial charge in [-0.25, -0.2) is 4.79 Å². The standard InChI is InChI=1S/C10H20N4O3/c1-6(11)8-5-14(3-4-17-8)7(2)9(15)13-10(12)16/h6-8H,3-5,11H2,1-2H3,(H3,12,13,15,16). The molecule has 1 saturated heterocycles. The molecule has 5 N–H and O–H groups in total. The van der Waals surface area contributed by atoms with E-state index in [0.717, 1.165) is 0 Å². The maximum Gasteiger partial charge on any atom is 0.318 e. The molecule has 7 nitrogen and oxygen atoms in total. The molecule has 3 atom stereocenters. The fourth-order valence-electron chi connectivity index (χ4n) is 1.76. The lowest BCUT2D eigenvalue weighted by molar-refractivity contribution is -0.128. The molecule has 0 spiro atoms. The van der Waals surface area contributed by atoms with Crippen LogP contribution in [-0.4, -0.2) is 54.7 Å². The van der Waals surface area contributed by atoms with Crippen molar-refractivity contribution in [1.82, 2.24) is 10.2 Å². The summed E-state index contributed by atoms with van der Waals surface area (Å²) in [6.07, 6.45) is -0.0902. The molecule has 1 heterocycles. The first-order valence-electron chi connectivity index (χ1n) is 5.63. The van der Waals surface area contributed by atoms with Gasteiger partial charge in [0.2, 0.25) is 5.91 Å². The van der Waals surface area contributed by atoms with Crippen molar-refractivity contribution in [2.45, 2.75) is 32.0 Å². The van der Waals surface area contributed by atoms with Crippen LogP contribution >= 0.6 is 0 Å². The smallest absolute Gasteiger partial charge is 0.318 e. The minimum absolute atomic E-state index is 0.0902. The Hall–Kier alpha value is -1.18. The number of amides is 3. The van der Waals surface area contributed by atoms with Gasteiger partial charge in [0, 0.05) is 19.1 Å². The summed E-state index contributed by atoms with van der Waals surface area (Å²) in [6, 6.07) is -1.35. The predicted molar refractivity (Wildman–Crippen MR) is 62.2 cm³/mol. The zero-order valence-corrected chi connectivity index (χ0v) is 10.2. The molecule has 98 valence electrons. The minimum Gasteiger partial charge on any atom is -0.374 e. The molecule has 1 rings (SSSR count). The first-order chi connectivity index (χ1) is 7.91. The third-order valence-electron chi connectivity index (χ3n) is 2.88. The summed E-state index contributed by atoms with van der Waals surface area (Å²) in [5.74, 6) is -0.400. The van der Waals surface area contributed by atoms with Gasteiger partial charge < -0.3 is 16.2 Å². The maximum absolute atomic E-state index is 11.6. The van der Waals surface area contributed by atoms with Crippen molar-refractivity contribution in [3.8, 4) is 0 Å². The lowest BCUT2D eigenvalue weighted by Gasteiger charge is -2.37. The van der Waals surface area contributed by atoms with Crippen LogP contribution in [-0.2, 0) is 9.53 Å². The second-order valence-corrected chi connectivity index (χ2v) is 4.29. The number of ether oxygens (including phenoxy) is 1. The number of nitrogens with one attached hydrogen (secondary N) is 1. The Morgan fingerprint density at radius 1 is 1.47 bits per heavy atom. The fraction of sp³-hybridized carbons (Fsp3) is 0.800. The highest BCUT2D eigenvalue weighted by molar-refractivity contribution is 5.96. The van der Waals surface area contributed by atoms with Crippen molar-refractivity contribution >= 4 is 11.9 Å². The third kappa shape index (κ3) is 3.95. The zero-order valence-electron chi connectivity index (χ0n) is 10.2. The third-order valence-corrected chi connectivity index (χ3v) is 2.88. The second-order valence-electron chi connectivity index (χ2n) is 4.29. The molecular weight excluding hydrogens is 224 g/mol. The van der Waals surface area contributed by atoms with E-state index in [1.54, 1.807) is 6.92 Å². The van der Waals surface area contributed by atoms with Crippen LogP contribution in [0.5, 0.6) is 0 Å². The first-order valence-corrected chi connectivity index (χ1v) is 5.63. The lowest BCUT2D eigenvalue weighted by atomic mass is 10.1. The number of nitrogens with zero attached hydrogens (tertiary/aromatic N) is 1. The Morgan fingerprint density at radius 2 is 2.12 bits per heavy atom. The van der Waals surface area contributed by atoms with Gasteiger partial charge in [-0.15, -0.1) is 0 Å². The van der Waals surface area contributed by atoms with E-state index in [9.17, 15) is 9.59 Å². The number of urea groups is 1. The predicted octanol–water partition coefficient (Wildman–Crippen LogP) is -1.38. The van der Waals surface area contributed by atoms with E-state index in [1.165, 1.54) is 0 Å². The fourth-order valence-corrected chi connectivity index (χ4v) is 1.76. The number of morpholine rings is 1. The van der Waals surface area contributed by atoms with Gasteiger partial charge in [-0.2, -0.15) is 0 Å². The van der Waals surface area contributed by atoms with Crippen molar-refractivity contribution in [1.29, 1.82) is 0 Å². The molecule has 3 amide bonds. The molecule has 0 aliphatic carbocycles. The monoisotopic (exact) mass is 244 g/mol. The molecule has 7 heteroatoms. The van der Waals surface area contributed by atoms with E-state index in [0.29, 0.717) is 19.7 Å². The van der Waals surface area contributed by atoms with Gasteiger partial charge in [0.05, 0.1) is 18.8 Å². The van der Waals surface area contributed by atoms with Crippen LogP contribution in [0.15, 0.2) is 0 Å². The van der Waals surface area contributed by atoms with E-state index < -0.39 is 18.0 Å². The van der Waals surface area contributed by atoms with Crippen LogP contribution in [0.4, 0.5) is 4.79 Å². The molecule has 1 aliphatic rings. The normalized spacial score (nSPS) is 25.0. The van der Waals surface area contributed by atoms with E-state index in [4.69, 9.17) is 16.2 Å². The van der Waals surface area contributed by atoms with Crippen LogP contribution < -0.4 is 16.8 Å². The number of rotatable bonds is 3. The van der Waals surface area contributed by atoms with Crippen molar-refractivity contribution in [3.63, 3.8) is 0 Å². The van der Waals surface area contributed by atoms with Gasteiger partial charge >= 0.3 is 6.03 Å². The Labute approximate surface area is 100 Å². The Bertz CT molecular complexity index is 295. The zero-order chi connectivity index (χ0) is 13.0. The SMILES string of the molecule is CC(N)C1CN(C(C)C(=O)NC(N)=O)CCO1. The van der Waals surface area contributed by atoms with Crippen molar-refractivity contribution in [3.05, 3.63) is 0 Å². The highest BCUT2D eigenvalue weighted by atomic mass is 16.5. The molecular formula is C10H20N4O3. The van der Waals surface area contributed by atoms with Crippen molar-refractivity contribution < 1.29 is 14.3 Å². The lowest BCUT2D eigenvalue weighted by Crippen LogP contribution is -2.56. The molecule has 0 aromatic rings. The van der Waals surface area contributed by atoms with Gasteiger partial charge in [0.25, 0.3) is 0 Å². The van der Waals surface area contributed by atoms with E-state index in [1.807, 2.05) is 11.8 Å². The van der Waals surface area contributed by atoms with Gasteiger partial charge in [0.15, 0.2) is 0 Å². The molecule has 1 fully saturated rings. The molecule has 0 bridgehead atoms. The molecule has 0 aromatic carbocycles. The average Bonchev–Trinajstić information content (AvgIpc) is 2.27. The summed E-state index contributed by atoms with van der Waals surface area (Å²) >= 11 is 0. The molecule has 17 heavy (non-hydrogen) atoms. The van der Waals surface area contributed by atoms with Crippen molar-refractivity contribution in [2.24, 2.45) is 11.5 Å². The Kier molecular flexibility index (Phi) is 4.86. The maximum atomic E-state index is 11.6. The number of hydrogen-bond donors (Lipinski definition) is 3. The van der Waals surface area contributed by atoms with E-state index in [2.05, 4.69) is 5.32 Å². The Morgan fingerprint density at radius 3 is 2.65 bits per heavy atom. The van der Waals surface area contributed by atoms with Gasteiger partial charge in [0.1, 0.15) is 0 Å². The highest BCUT2D eigenvalue weighted by Gasteiger charge is 2.29. The van der Waals surface area contributed by atoms with Crippen LogP contribution in [0, 0.1) is 0 Å². The number of nitrogens with two attached hydrogens (primary N) is 2. The van der Waals surface area contributed by atoms with Gasteiger partial charge in [-0.3, -0.25) is 15.0 Å². The largest absolute Gasteiger partial charge is 0.374 e. The number of carbonyl (C=O) groups excluding carboxylic acids is 2. The molecule has 0 radical (unpaired) electrons. The van der Waals surface area contributed by atoms with Crippen LogP contribution in [0.3, 0.4) is 0 Å². The second kappa shape index (κ2) is 5.95. The highest BCUT2D eigenvalue weighted by Crippen LogP contribution is 2.11. The van der Waals surface area contributed by atoms with Gasteiger partial charge in [-0.05, 0) is 13.8 Å². The topological polar surface area (TPSA) is 111 Å². The summed E-state index contributed by atoms with van der Waals surface area (Å²) in [6.45, 7) is 5.33. The quantitative estimate of drug-likeness (QED) is 0.566. The molecule has 3 unspecified atom stereocenters. The number of carbonyl (C=O) groups is 2. The van der Waals surface area contributed by atoms with Gasteiger partial charge in [-0.1, -0.05) is 0 Å². The summed E-state index contributed by atoms with van der Waals surface area (Å²) < 4.78 is 5.49.